The number of halogens is 1. The second-order valence-corrected chi connectivity index (χ2v) is 5.10. The van der Waals surface area contributed by atoms with Crippen LogP contribution < -0.4 is 15.4 Å². The van der Waals surface area contributed by atoms with Gasteiger partial charge in [-0.2, -0.15) is 0 Å². The molecule has 7 nitrogen and oxygen atoms in total. The van der Waals surface area contributed by atoms with Gasteiger partial charge >= 0.3 is 6.03 Å². The minimum Gasteiger partial charge on any atom is -0.494 e. The number of rotatable bonds is 4. The Morgan fingerprint density at radius 2 is 2.08 bits per heavy atom. The van der Waals surface area contributed by atoms with Gasteiger partial charge in [-0.1, -0.05) is 6.07 Å². The van der Waals surface area contributed by atoms with Crippen LogP contribution in [0.4, 0.5) is 15.0 Å². The van der Waals surface area contributed by atoms with Gasteiger partial charge in [0.05, 0.1) is 19.0 Å². The van der Waals surface area contributed by atoms with Crippen molar-refractivity contribution in [1.29, 1.82) is 0 Å². The van der Waals surface area contributed by atoms with Crippen molar-refractivity contribution in [2.75, 3.05) is 19.0 Å². The van der Waals surface area contributed by atoms with Crippen molar-refractivity contribution in [3.05, 3.63) is 42.3 Å². The molecule has 3 rings (SSSR count). The van der Waals surface area contributed by atoms with Crippen LogP contribution in [0.25, 0.3) is 22.4 Å². The minimum absolute atomic E-state index is 0.124. The molecule has 2 heterocycles. The molecule has 0 radical (unpaired) electrons. The molecule has 128 valence electrons. The second-order valence-electron chi connectivity index (χ2n) is 5.10. The van der Waals surface area contributed by atoms with E-state index in [2.05, 4.69) is 25.6 Å². The number of methoxy groups -OCH3 is 1. The number of hydrogen-bond donors (Lipinski definition) is 2. The Bertz CT molecular complexity index is 932. The summed E-state index contributed by atoms with van der Waals surface area (Å²) in [6.07, 6.45) is 1.47. The molecule has 3 aromatic rings. The lowest BCUT2D eigenvalue weighted by Crippen LogP contribution is -2.28. The van der Waals surface area contributed by atoms with E-state index in [1.54, 1.807) is 24.3 Å². The smallest absolute Gasteiger partial charge is 0.320 e. The van der Waals surface area contributed by atoms with Crippen LogP contribution in [0.1, 0.15) is 6.92 Å². The molecule has 0 aliphatic carbocycles. The molecule has 0 aliphatic rings. The summed E-state index contributed by atoms with van der Waals surface area (Å²) in [6.45, 7) is 2.31. The topological polar surface area (TPSA) is 89.0 Å². The number of urea groups is 1. The quantitative estimate of drug-likeness (QED) is 0.761. The van der Waals surface area contributed by atoms with Crippen LogP contribution in [0, 0.1) is 5.82 Å². The van der Waals surface area contributed by atoms with Gasteiger partial charge in [-0.15, -0.1) is 0 Å². The van der Waals surface area contributed by atoms with Crippen molar-refractivity contribution in [2.24, 2.45) is 0 Å². The molecule has 0 spiro atoms. The SMILES string of the molecule is CCNC(=O)Nc1ccc2ncc(-c3cccc(OC)c3F)nc2n1. The molecule has 2 N–H and O–H groups in total. The highest BCUT2D eigenvalue weighted by atomic mass is 19.1. The molecule has 0 atom stereocenters. The Morgan fingerprint density at radius 1 is 1.24 bits per heavy atom. The number of nitrogens with one attached hydrogen (secondary N) is 2. The summed E-state index contributed by atoms with van der Waals surface area (Å²) in [5.74, 6) is -0.0646. The van der Waals surface area contributed by atoms with Gasteiger partial charge in [0.25, 0.3) is 0 Å². The Morgan fingerprint density at radius 3 is 2.84 bits per heavy atom. The predicted octanol–water partition coefficient (Wildman–Crippen LogP) is 2.98. The number of carbonyl (C=O) groups excluding carboxylic acids is 1. The molecule has 0 unspecified atom stereocenters. The summed E-state index contributed by atoms with van der Waals surface area (Å²) in [5, 5.41) is 5.21. The number of carbonyl (C=O) groups is 1. The van der Waals surface area contributed by atoms with E-state index in [0.29, 0.717) is 29.2 Å². The molecular weight excluding hydrogens is 325 g/mol. The van der Waals surface area contributed by atoms with Gasteiger partial charge in [0.2, 0.25) is 0 Å². The maximum Gasteiger partial charge on any atom is 0.320 e. The second kappa shape index (κ2) is 7.08. The van der Waals surface area contributed by atoms with Crippen molar-refractivity contribution in [3.8, 4) is 17.0 Å². The zero-order valence-corrected chi connectivity index (χ0v) is 13.7. The molecule has 8 heteroatoms. The van der Waals surface area contributed by atoms with Crippen molar-refractivity contribution < 1.29 is 13.9 Å². The summed E-state index contributed by atoms with van der Waals surface area (Å²) < 4.78 is 19.4. The third kappa shape index (κ3) is 3.47. The third-order valence-corrected chi connectivity index (χ3v) is 3.44. The molecule has 0 bridgehead atoms. The van der Waals surface area contributed by atoms with Gasteiger partial charge in [0.1, 0.15) is 11.3 Å². The molecule has 2 aromatic heterocycles. The van der Waals surface area contributed by atoms with E-state index in [0.717, 1.165) is 0 Å². The fourth-order valence-corrected chi connectivity index (χ4v) is 2.28. The van der Waals surface area contributed by atoms with Gasteiger partial charge in [0, 0.05) is 12.1 Å². The summed E-state index contributed by atoms with van der Waals surface area (Å²) >= 11 is 0. The molecule has 0 saturated carbocycles. The number of hydrogen-bond acceptors (Lipinski definition) is 5. The number of amides is 2. The van der Waals surface area contributed by atoms with E-state index >= 15 is 0 Å². The Labute approximate surface area is 143 Å². The van der Waals surface area contributed by atoms with E-state index in [-0.39, 0.29) is 17.3 Å². The Balaban J connectivity index is 2.00. The van der Waals surface area contributed by atoms with Gasteiger partial charge in [-0.05, 0) is 31.2 Å². The average Bonchev–Trinajstić information content (AvgIpc) is 2.61. The lowest BCUT2D eigenvalue weighted by Gasteiger charge is -2.08. The fourth-order valence-electron chi connectivity index (χ4n) is 2.28. The standard InChI is InChI=1S/C17H16FN5O2/c1-3-19-17(24)23-14-8-7-11-16(22-14)21-12(9-20-11)10-5-4-6-13(25-2)15(10)18/h4-9H,3H2,1-2H3,(H2,19,21,22,23,24). The highest BCUT2D eigenvalue weighted by molar-refractivity contribution is 5.89. The highest BCUT2D eigenvalue weighted by Gasteiger charge is 2.13. The van der Waals surface area contributed by atoms with Crippen LogP contribution in [0.2, 0.25) is 0 Å². The summed E-state index contributed by atoms with van der Waals surface area (Å²) in [7, 11) is 1.40. The lowest BCUT2D eigenvalue weighted by atomic mass is 10.1. The summed E-state index contributed by atoms with van der Waals surface area (Å²) in [6, 6.07) is 7.73. The number of pyridine rings is 1. The molecule has 0 saturated heterocycles. The Kier molecular flexibility index (Phi) is 4.69. The highest BCUT2D eigenvalue weighted by Crippen LogP contribution is 2.28. The van der Waals surface area contributed by atoms with E-state index in [1.165, 1.54) is 19.4 Å². The zero-order valence-electron chi connectivity index (χ0n) is 13.7. The van der Waals surface area contributed by atoms with Crippen molar-refractivity contribution in [3.63, 3.8) is 0 Å². The first-order valence-electron chi connectivity index (χ1n) is 7.64. The monoisotopic (exact) mass is 341 g/mol. The van der Waals surface area contributed by atoms with Crippen molar-refractivity contribution in [1.82, 2.24) is 20.3 Å². The number of ether oxygens (including phenoxy) is 1. The minimum atomic E-state index is -0.518. The Hall–Kier alpha value is -3.29. The largest absolute Gasteiger partial charge is 0.494 e. The third-order valence-electron chi connectivity index (χ3n) is 3.44. The normalized spacial score (nSPS) is 10.5. The number of fused-ring (bicyclic) bond motifs is 1. The predicted molar refractivity (Wildman–Crippen MR) is 92.0 cm³/mol. The van der Waals surface area contributed by atoms with Gasteiger partial charge in [-0.25, -0.2) is 19.2 Å². The number of nitrogens with zero attached hydrogens (tertiary/aromatic N) is 3. The van der Waals surface area contributed by atoms with Crippen molar-refractivity contribution >= 4 is 23.0 Å². The van der Waals surface area contributed by atoms with Gasteiger partial charge < -0.3 is 10.1 Å². The fraction of sp³-hybridized carbons (Fsp3) is 0.176. The van der Waals surface area contributed by atoms with Crippen LogP contribution in [-0.2, 0) is 0 Å². The van der Waals surface area contributed by atoms with Crippen LogP contribution >= 0.6 is 0 Å². The molecule has 2 amide bonds. The maximum atomic E-state index is 14.4. The molecular formula is C17H16FN5O2. The van der Waals surface area contributed by atoms with E-state index in [9.17, 15) is 9.18 Å². The average molecular weight is 341 g/mol. The van der Waals surface area contributed by atoms with E-state index in [1.807, 2.05) is 6.92 Å². The molecule has 0 aliphatic heterocycles. The first kappa shape index (κ1) is 16.6. The van der Waals surface area contributed by atoms with Crippen LogP contribution in [0.15, 0.2) is 36.5 Å². The molecule has 0 fully saturated rings. The first-order chi connectivity index (χ1) is 12.1. The van der Waals surface area contributed by atoms with Gasteiger partial charge in [0.15, 0.2) is 17.2 Å². The summed E-state index contributed by atoms with van der Waals surface area (Å²) in [4.78, 5) is 24.5. The lowest BCUT2D eigenvalue weighted by molar-refractivity contribution is 0.252. The summed E-state index contributed by atoms with van der Waals surface area (Å²) in [5.41, 5.74) is 1.42. The van der Waals surface area contributed by atoms with Crippen LogP contribution in [-0.4, -0.2) is 34.6 Å². The van der Waals surface area contributed by atoms with E-state index < -0.39 is 5.82 Å². The van der Waals surface area contributed by atoms with Crippen LogP contribution in [0.3, 0.4) is 0 Å². The number of aromatic nitrogens is 3. The van der Waals surface area contributed by atoms with E-state index in [4.69, 9.17) is 4.74 Å². The number of benzene rings is 1. The van der Waals surface area contributed by atoms with Crippen LogP contribution in [0.5, 0.6) is 5.75 Å². The van der Waals surface area contributed by atoms with Crippen molar-refractivity contribution in [2.45, 2.75) is 6.92 Å². The first-order valence-corrected chi connectivity index (χ1v) is 7.64. The molecule has 1 aromatic carbocycles. The zero-order chi connectivity index (χ0) is 17.8. The molecule has 25 heavy (non-hydrogen) atoms. The maximum absolute atomic E-state index is 14.4. The number of anilines is 1. The van der Waals surface area contributed by atoms with Gasteiger partial charge in [-0.3, -0.25) is 10.3 Å².